The molecule has 0 heterocycles. The van der Waals surface area contributed by atoms with Crippen LogP contribution < -0.4 is 10.6 Å². The third-order valence-electron chi connectivity index (χ3n) is 2.82. The van der Waals surface area contributed by atoms with Gasteiger partial charge in [0.1, 0.15) is 0 Å². The molecule has 87 valence electrons. The molecule has 0 aliphatic heterocycles. The number of nitrogens with two attached hydrogens (primary N) is 1. The summed E-state index contributed by atoms with van der Waals surface area (Å²) in [6, 6.07) is 17.6. The lowest BCUT2D eigenvalue weighted by atomic mass is 9.99. The molecular formula is C15H17N2. The minimum atomic E-state index is 0.562. The molecule has 2 aromatic rings. The van der Waals surface area contributed by atoms with E-state index in [9.17, 15) is 0 Å². The first kappa shape index (κ1) is 11.7. The topological polar surface area (TPSA) is 29.3 Å². The number of rotatable bonds is 3. The van der Waals surface area contributed by atoms with Gasteiger partial charge in [-0.25, -0.2) is 0 Å². The minimum absolute atomic E-state index is 0.562. The van der Waals surface area contributed by atoms with Crippen molar-refractivity contribution in [2.45, 2.75) is 6.54 Å². The molecular weight excluding hydrogens is 208 g/mol. The molecule has 0 saturated heterocycles. The normalized spacial score (nSPS) is 10.3. The zero-order chi connectivity index (χ0) is 12.3. The van der Waals surface area contributed by atoms with E-state index in [1.54, 1.807) is 0 Å². The Morgan fingerprint density at radius 2 is 1.94 bits per heavy atom. The van der Waals surface area contributed by atoms with Gasteiger partial charge >= 0.3 is 0 Å². The van der Waals surface area contributed by atoms with Crippen molar-refractivity contribution in [3.8, 4) is 11.1 Å². The van der Waals surface area contributed by atoms with Gasteiger partial charge in [-0.2, -0.15) is 0 Å². The molecule has 0 atom stereocenters. The highest BCUT2D eigenvalue weighted by molar-refractivity contribution is 5.71. The molecule has 0 aromatic heterocycles. The Morgan fingerprint density at radius 1 is 1.18 bits per heavy atom. The highest BCUT2D eigenvalue weighted by atomic mass is 15.1. The molecule has 1 radical (unpaired) electrons. The second-order valence-corrected chi connectivity index (χ2v) is 4.22. The maximum Gasteiger partial charge on any atom is 0.0447 e. The van der Waals surface area contributed by atoms with Crippen LogP contribution in [0.2, 0.25) is 0 Å². The minimum Gasteiger partial charge on any atom is -0.377 e. The molecule has 2 heteroatoms. The molecule has 17 heavy (non-hydrogen) atoms. The first-order valence-corrected chi connectivity index (χ1v) is 5.70. The molecule has 0 unspecified atom stereocenters. The quantitative estimate of drug-likeness (QED) is 0.870. The summed E-state index contributed by atoms with van der Waals surface area (Å²) >= 11 is 0. The van der Waals surface area contributed by atoms with Crippen molar-refractivity contribution < 1.29 is 0 Å². The van der Waals surface area contributed by atoms with Crippen LogP contribution in [-0.2, 0) is 6.54 Å². The summed E-state index contributed by atoms with van der Waals surface area (Å²) in [5.41, 5.74) is 10.4. The first-order valence-electron chi connectivity index (χ1n) is 5.70. The van der Waals surface area contributed by atoms with E-state index in [0.29, 0.717) is 6.54 Å². The van der Waals surface area contributed by atoms with Gasteiger partial charge in [-0.3, -0.25) is 0 Å². The van der Waals surface area contributed by atoms with Crippen LogP contribution >= 0.6 is 0 Å². The number of anilines is 1. The second kappa shape index (κ2) is 5.02. The molecule has 0 fully saturated rings. The third-order valence-corrected chi connectivity index (χ3v) is 2.82. The summed E-state index contributed by atoms with van der Waals surface area (Å²) in [5, 5.41) is 0. The zero-order valence-corrected chi connectivity index (χ0v) is 10.3. The average molecular weight is 225 g/mol. The molecule has 0 aliphatic carbocycles. The fourth-order valence-electron chi connectivity index (χ4n) is 1.86. The van der Waals surface area contributed by atoms with E-state index in [-0.39, 0.29) is 0 Å². The van der Waals surface area contributed by atoms with Crippen LogP contribution in [0.15, 0.2) is 42.5 Å². The summed E-state index contributed by atoms with van der Waals surface area (Å²) in [7, 11) is 4.04. The van der Waals surface area contributed by atoms with Crippen LogP contribution in [0.4, 0.5) is 5.69 Å². The summed E-state index contributed by atoms with van der Waals surface area (Å²) < 4.78 is 0. The fraction of sp³-hybridized carbons (Fsp3) is 0.200. The van der Waals surface area contributed by atoms with E-state index < -0.39 is 0 Å². The number of hydrogen-bond acceptors (Lipinski definition) is 2. The summed E-state index contributed by atoms with van der Waals surface area (Å²) in [4.78, 5) is 2.05. The lowest BCUT2D eigenvalue weighted by molar-refractivity contribution is 1.07. The monoisotopic (exact) mass is 225 g/mol. The smallest absolute Gasteiger partial charge is 0.0447 e. The molecule has 0 amide bonds. The van der Waals surface area contributed by atoms with Gasteiger partial charge in [-0.15, -0.1) is 0 Å². The Balaban J connectivity index is 2.49. The molecule has 0 spiro atoms. The van der Waals surface area contributed by atoms with E-state index >= 15 is 0 Å². The Labute approximate surface area is 103 Å². The van der Waals surface area contributed by atoms with Crippen molar-refractivity contribution in [1.82, 2.24) is 0 Å². The second-order valence-electron chi connectivity index (χ2n) is 4.22. The lowest BCUT2D eigenvalue weighted by Crippen LogP contribution is -2.08. The molecule has 2 aromatic carbocycles. The number of benzene rings is 2. The maximum absolute atomic E-state index is 5.77. The lowest BCUT2D eigenvalue weighted by Gasteiger charge is -2.14. The predicted octanol–water partition coefficient (Wildman–Crippen LogP) is 2.68. The number of hydrogen-bond donors (Lipinski definition) is 1. The summed E-state index contributed by atoms with van der Waals surface area (Å²) in [6.07, 6.45) is 0. The maximum atomic E-state index is 5.77. The van der Waals surface area contributed by atoms with Crippen molar-refractivity contribution in [2.75, 3.05) is 19.0 Å². The van der Waals surface area contributed by atoms with Gasteiger partial charge in [0.05, 0.1) is 0 Å². The standard InChI is InChI=1S/C15H17N2/c1-17(2)14-8-5-7-12(10-14)15-9-4-3-6-13(15)11-16/h3-7,9-10H,11,16H2,1-2H3. The Hall–Kier alpha value is -1.80. The molecule has 2 nitrogen and oxygen atoms in total. The van der Waals surface area contributed by atoms with Crippen LogP contribution in [0.25, 0.3) is 11.1 Å². The van der Waals surface area contributed by atoms with Crippen LogP contribution in [0.1, 0.15) is 5.56 Å². The van der Waals surface area contributed by atoms with Crippen molar-refractivity contribution in [3.05, 3.63) is 54.1 Å². The van der Waals surface area contributed by atoms with E-state index in [2.05, 4.69) is 35.2 Å². The van der Waals surface area contributed by atoms with E-state index in [1.807, 2.05) is 32.3 Å². The van der Waals surface area contributed by atoms with Crippen molar-refractivity contribution in [2.24, 2.45) is 5.73 Å². The van der Waals surface area contributed by atoms with Crippen molar-refractivity contribution >= 4 is 5.69 Å². The molecule has 0 saturated carbocycles. The van der Waals surface area contributed by atoms with Gasteiger partial charge in [-0.1, -0.05) is 36.4 Å². The zero-order valence-electron chi connectivity index (χ0n) is 10.3. The van der Waals surface area contributed by atoms with E-state index in [4.69, 9.17) is 5.73 Å². The SMILES string of the molecule is CN(C)c1[c]ccc(-c2ccccc2CN)c1. The molecule has 0 aliphatic rings. The summed E-state index contributed by atoms with van der Waals surface area (Å²) in [6.45, 7) is 0.562. The predicted molar refractivity (Wildman–Crippen MR) is 72.9 cm³/mol. The molecule has 0 bridgehead atoms. The highest BCUT2D eigenvalue weighted by Crippen LogP contribution is 2.26. The van der Waals surface area contributed by atoms with Crippen LogP contribution in [0.3, 0.4) is 0 Å². The summed E-state index contributed by atoms with van der Waals surface area (Å²) in [5.74, 6) is 0. The average Bonchev–Trinajstić information content (AvgIpc) is 2.39. The molecule has 2 N–H and O–H groups in total. The Bertz CT molecular complexity index is 504. The van der Waals surface area contributed by atoms with Crippen LogP contribution in [0, 0.1) is 6.07 Å². The van der Waals surface area contributed by atoms with E-state index in [1.165, 1.54) is 16.7 Å². The van der Waals surface area contributed by atoms with Crippen molar-refractivity contribution in [1.29, 1.82) is 0 Å². The fourth-order valence-corrected chi connectivity index (χ4v) is 1.86. The van der Waals surface area contributed by atoms with Crippen LogP contribution in [-0.4, -0.2) is 14.1 Å². The largest absolute Gasteiger partial charge is 0.377 e. The van der Waals surface area contributed by atoms with Gasteiger partial charge in [0.2, 0.25) is 0 Å². The van der Waals surface area contributed by atoms with Crippen LogP contribution in [0.5, 0.6) is 0 Å². The molecule has 2 rings (SSSR count). The third kappa shape index (κ3) is 2.48. The van der Waals surface area contributed by atoms with E-state index in [0.717, 1.165) is 5.69 Å². The Morgan fingerprint density at radius 3 is 2.65 bits per heavy atom. The van der Waals surface area contributed by atoms with Gasteiger partial charge < -0.3 is 10.6 Å². The van der Waals surface area contributed by atoms with Gasteiger partial charge in [0.15, 0.2) is 0 Å². The first-order chi connectivity index (χ1) is 8.22. The van der Waals surface area contributed by atoms with Crippen molar-refractivity contribution in [3.63, 3.8) is 0 Å². The highest BCUT2D eigenvalue weighted by Gasteiger charge is 2.04. The van der Waals surface area contributed by atoms with Gasteiger partial charge in [-0.05, 0) is 22.8 Å². The number of nitrogens with zero attached hydrogens (tertiary/aromatic N) is 1. The Kier molecular flexibility index (Phi) is 3.45. The van der Waals surface area contributed by atoms with Gasteiger partial charge in [0.25, 0.3) is 0 Å². The van der Waals surface area contributed by atoms with Gasteiger partial charge in [0, 0.05) is 32.4 Å².